The first-order valence-corrected chi connectivity index (χ1v) is 7.16. The second kappa shape index (κ2) is 7.07. The lowest BCUT2D eigenvalue weighted by Gasteiger charge is -2.27. The zero-order valence-electron chi connectivity index (χ0n) is 10.2. The van der Waals surface area contributed by atoms with E-state index >= 15 is 0 Å². The van der Waals surface area contributed by atoms with Crippen LogP contribution in [0.25, 0.3) is 0 Å². The standard InChI is InChI=1S/C13H18F2N2S/c14-13(15)10-18-12-4-2-1-3-11(12)9-17-7-5-16-6-8-17/h1-4,13,16H,5-10H2. The van der Waals surface area contributed by atoms with Crippen LogP contribution in [-0.4, -0.2) is 43.3 Å². The van der Waals surface area contributed by atoms with Crippen molar-refractivity contribution in [1.82, 2.24) is 10.2 Å². The Morgan fingerprint density at radius 1 is 1.22 bits per heavy atom. The van der Waals surface area contributed by atoms with Crippen LogP contribution < -0.4 is 5.32 Å². The number of rotatable bonds is 5. The third kappa shape index (κ3) is 4.23. The van der Waals surface area contributed by atoms with Crippen molar-refractivity contribution >= 4 is 11.8 Å². The third-order valence-electron chi connectivity index (χ3n) is 2.94. The molecule has 1 aromatic rings. The molecule has 2 nitrogen and oxygen atoms in total. The van der Waals surface area contributed by atoms with Gasteiger partial charge in [-0.05, 0) is 11.6 Å². The van der Waals surface area contributed by atoms with Crippen molar-refractivity contribution < 1.29 is 8.78 Å². The van der Waals surface area contributed by atoms with Crippen LogP contribution in [0.3, 0.4) is 0 Å². The molecule has 1 heterocycles. The number of nitrogens with one attached hydrogen (secondary N) is 1. The predicted molar refractivity (Wildman–Crippen MR) is 71.3 cm³/mol. The van der Waals surface area contributed by atoms with Gasteiger partial charge in [-0.1, -0.05) is 18.2 Å². The largest absolute Gasteiger partial charge is 0.314 e. The lowest BCUT2D eigenvalue weighted by molar-refractivity contribution is 0.177. The molecule has 0 spiro atoms. The molecule has 0 unspecified atom stereocenters. The molecular weight excluding hydrogens is 254 g/mol. The molecule has 1 N–H and O–H groups in total. The highest BCUT2D eigenvalue weighted by molar-refractivity contribution is 7.99. The second-order valence-electron chi connectivity index (χ2n) is 4.34. The SMILES string of the molecule is FC(F)CSc1ccccc1CN1CCNCC1. The van der Waals surface area contributed by atoms with Gasteiger partial charge in [-0.3, -0.25) is 4.90 Å². The Balaban J connectivity index is 1.97. The molecular formula is C13H18F2N2S. The highest BCUT2D eigenvalue weighted by Gasteiger charge is 2.13. The van der Waals surface area contributed by atoms with E-state index in [1.807, 2.05) is 24.3 Å². The van der Waals surface area contributed by atoms with E-state index in [-0.39, 0.29) is 5.75 Å². The Kier molecular flexibility index (Phi) is 5.41. The zero-order valence-corrected chi connectivity index (χ0v) is 11.1. The summed E-state index contributed by atoms with van der Waals surface area (Å²) in [5.74, 6) is -0.126. The van der Waals surface area contributed by atoms with Crippen LogP contribution in [0.4, 0.5) is 8.78 Å². The third-order valence-corrected chi connectivity index (χ3v) is 4.07. The molecule has 0 amide bonds. The molecule has 0 aliphatic carbocycles. The quantitative estimate of drug-likeness (QED) is 0.829. The van der Waals surface area contributed by atoms with E-state index in [4.69, 9.17) is 0 Å². The topological polar surface area (TPSA) is 15.3 Å². The van der Waals surface area contributed by atoms with Gasteiger partial charge in [-0.15, -0.1) is 11.8 Å². The first-order chi connectivity index (χ1) is 8.75. The van der Waals surface area contributed by atoms with Crippen LogP contribution in [0, 0.1) is 0 Å². The van der Waals surface area contributed by atoms with E-state index in [0.29, 0.717) is 0 Å². The van der Waals surface area contributed by atoms with E-state index in [1.165, 1.54) is 11.8 Å². The number of piperazine rings is 1. The van der Waals surface area contributed by atoms with Crippen LogP contribution in [-0.2, 0) is 6.54 Å². The van der Waals surface area contributed by atoms with Gasteiger partial charge in [0.15, 0.2) is 0 Å². The maximum Gasteiger partial charge on any atom is 0.247 e. The summed E-state index contributed by atoms with van der Waals surface area (Å²) in [5.41, 5.74) is 1.16. The van der Waals surface area contributed by atoms with Gasteiger partial charge in [-0.25, -0.2) is 8.78 Å². The van der Waals surface area contributed by atoms with Crippen molar-refractivity contribution in [2.24, 2.45) is 0 Å². The van der Waals surface area contributed by atoms with Crippen molar-refractivity contribution in [3.8, 4) is 0 Å². The highest BCUT2D eigenvalue weighted by Crippen LogP contribution is 2.25. The summed E-state index contributed by atoms with van der Waals surface area (Å²) in [5, 5.41) is 3.31. The molecule has 18 heavy (non-hydrogen) atoms. The summed E-state index contributed by atoms with van der Waals surface area (Å²) in [6, 6.07) is 7.86. The van der Waals surface area contributed by atoms with E-state index in [1.54, 1.807) is 0 Å². The lowest BCUT2D eigenvalue weighted by atomic mass is 10.2. The normalized spacial score (nSPS) is 17.3. The van der Waals surface area contributed by atoms with Crippen molar-refractivity contribution in [1.29, 1.82) is 0 Å². The average molecular weight is 272 g/mol. The number of thioether (sulfide) groups is 1. The zero-order chi connectivity index (χ0) is 12.8. The molecule has 2 rings (SSSR count). The van der Waals surface area contributed by atoms with E-state index in [0.717, 1.165) is 43.2 Å². The van der Waals surface area contributed by atoms with Gasteiger partial charge in [0, 0.05) is 37.6 Å². The van der Waals surface area contributed by atoms with Crippen molar-refractivity contribution in [2.75, 3.05) is 31.9 Å². The summed E-state index contributed by atoms with van der Waals surface area (Å²) in [6.07, 6.45) is -2.25. The Hall–Kier alpha value is -0.650. The van der Waals surface area contributed by atoms with Gasteiger partial charge in [0.2, 0.25) is 6.43 Å². The van der Waals surface area contributed by atoms with Gasteiger partial charge < -0.3 is 5.32 Å². The van der Waals surface area contributed by atoms with Crippen molar-refractivity contribution in [3.05, 3.63) is 29.8 Å². The van der Waals surface area contributed by atoms with E-state index < -0.39 is 6.43 Å². The summed E-state index contributed by atoms with van der Waals surface area (Å²) >= 11 is 1.25. The minimum absolute atomic E-state index is 0.126. The van der Waals surface area contributed by atoms with Gasteiger partial charge >= 0.3 is 0 Å². The van der Waals surface area contributed by atoms with Gasteiger partial charge in [0.25, 0.3) is 0 Å². The minimum atomic E-state index is -2.25. The molecule has 1 fully saturated rings. The van der Waals surface area contributed by atoms with Crippen molar-refractivity contribution in [2.45, 2.75) is 17.9 Å². The van der Waals surface area contributed by atoms with E-state index in [9.17, 15) is 8.78 Å². The number of hydrogen-bond acceptors (Lipinski definition) is 3. The number of hydrogen-bond donors (Lipinski definition) is 1. The minimum Gasteiger partial charge on any atom is -0.314 e. The summed E-state index contributed by atoms with van der Waals surface area (Å²) in [6.45, 7) is 4.91. The monoisotopic (exact) mass is 272 g/mol. The maximum absolute atomic E-state index is 12.3. The molecule has 0 saturated carbocycles. The molecule has 1 aliphatic heterocycles. The van der Waals surface area contributed by atoms with Crippen LogP contribution in [0.15, 0.2) is 29.2 Å². The molecule has 0 atom stereocenters. The maximum atomic E-state index is 12.3. The summed E-state index contributed by atoms with van der Waals surface area (Å²) in [7, 11) is 0. The van der Waals surface area contributed by atoms with Crippen molar-refractivity contribution in [3.63, 3.8) is 0 Å². The van der Waals surface area contributed by atoms with Gasteiger partial charge in [0.1, 0.15) is 0 Å². The fourth-order valence-corrected chi connectivity index (χ4v) is 2.84. The Bertz CT molecular complexity index is 368. The van der Waals surface area contributed by atoms with Gasteiger partial charge in [-0.2, -0.15) is 0 Å². The molecule has 1 aromatic carbocycles. The molecule has 0 aromatic heterocycles. The Morgan fingerprint density at radius 3 is 2.67 bits per heavy atom. The molecule has 100 valence electrons. The molecule has 5 heteroatoms. The summed E-state index contributed by atoms with van der Waals surface area (Å²) < 4.78 is 24.5. The number of alkyl halides is 2. The number of benzene rings is 1. The van der Waals surface area contributed by atoms with Crippen LogP contribution >= 0.6 is 11.8 Å². The Labute approximate surface area is 111 Å². The highest BCUT2D eigenvalue weighted by atomic mass is 32.2. The average Bonchev–Trinajstić information content (AvgIpc) is 2.39. The van der Waals surface area contributed by atoms with Gasteiger partial charge in [0.05, 0.1) is 5.75 Å². The smallest absolute Gasteiger partial charge is 0.247 e. The molecule has 1 aliphatic rings. The number of nitrogens with zero attached hydrogens (tertiary/aromatic N) is 1. The second-order valence-corrected chi connectivity index (χ2v) is 5.40. The number of halogens is 2. The van der Waals surface area contributed by atoms with Crippen LogP contribution in [0.1, 0.15) is 5.56 Å². The predicted octanol–water partition coefficient (Wildman–Crippen LogP) is 2.45. The molecule has 1 saturated heterocycles. The van der Waals surface area contributed by atoms with Crippen LogP contribution in [0.2, 0.25) is 0 Å². The fraction of sp³-hybridized carbons (Fsp3) is 0.538. The molecule has 0 bridgehead atoms. The Morgan fingerprint density at radius 2 is 1.94 bits per heavy atom. The first-order valence-electron chi connectivity index (χ1n) is 6.17. The fourth-order valence-electron chi connectivity index (χ4n) is 2.04. The van der Waals surface area contributed by atoms with Crippen LogP contribution in [0.5, 0.6) is 0 Å². The first kappa shape index (κ1) is 13.8. The summed E-state index contributed by atoms with van der Waals surface area (Å²) in [4.78, 5) is 3.34. The lowest BCUT2D eigenvalue weighted by Crippen LogP contribution is -2.42. The van der Waals surface area contributed by atoms with E-state index in [2.05, 4.69) is 10.2 Å². The molecule has 0 radical (unpaired) electrons.